The molecule has 0 saturated heterocycles. The third-order valence-electron chi connectivity index (χ3n) is 2.38. The van der Waals surface area contributed by atoms with Gasteiger partial charge in [-0.25, -0.2) is 18.3 Å². The van der Waals surface area contributed by atoms with Crippen LogP contribution in [0, 0.1) is 0 Å². The summed E-state index contributed by atoms with van der Waals surface area (Å²) >= 11 is 0. The minimum absolute atomic E-state index is 0. The van der Waals surface area contributed by atoms with Gasteiger partial charge in [0.1, 0.15) is 24.8 Å². The van der Waals surface area contributed by atoms with Gasteiger partial charge in [-0.1, -0.05) is 0 Å². The highest BCUT2D eigenvalue weighted by atomic mass is 35.5. The Labute approximate surface area is 114 Å². The highest BCUT2D eigenvalue weighted by Crippen LogP contribution is 1.79. The van der Waals surface area contributed by atoms with E-state index < -0.39 is 0 Å². The number of halogens is 2. The van der Waals surface area contributed by atoms with Crippen LogP contribution in [0.2, 0.25) is 0 Å². The molecule has 0 amide bonds. The maximum absolute atomic E-state index is 2.12. The van der Waals surface area contributed by atoms with Gasteiger partial charge in [-0.2, -0.15) is 0 Å². The second-order valence-electron chi connectivity index (χ2n) is 3.82. The van der Waals surface area contributed by atoms with Gasteiger partial charge in [0, 0.05) is 0 Å². The van der Waals surface area contributed by atoms with Crippen molar-refractivity contribution >= 4 is 0 Å². The third kappa shape index (κ3) is 6.39. The lowest BCUT2D eigenvalue weighted by molar-refractivity contribution is -0.671. The van der Waals surface area contributed by atoms with Crippen LogP contribution in [0.3, 0.4) is 0 Å². The van der Waals surface area contributed by atoms with Crippen molar-refractivity contribution in [2.45, 2.75) is 26.9 Å². The number of aryl methyl sites for hydroxylation is 4. The van der Waals surface area contributed by atoms with E-state index in [4.69, 9.17) is 0 Å². The summed E-state index contributed by atoms with van der Waals surface area (Å²) in [5.41, 5.74) is 0. The molecule has 0 aliphatic carbocycles. The second-order valence-corrected chi connectivity index (χ2v) is 3.82. The van der Waals surface area contributed by atoms with E-state index in [9.17, 15) is 0 Å². The first kappa shape index (κ1) is 19.0. The normalized spacial score (nSPS) is 8.67. The molecular formula is C12H22ClFN4. The maximum Gasteiger partial charge on any atom is 0.243 e. The fraction of sp³-hybridized carbons (Fsp3) is 0.500. The molecule has 2 rings (SSSR count). The quantitative estimate of drug-likeness (QED) is 0.488. The van der Waals surface area contributed by atoms with E-state index in [-0.39, 0.29) is 17.1 Å². The minimum Gasteiger partial charge on any atom is -1.00 e. The molecule has 0 fully saturated rings. The van der Waals surface area contributed by atoms with E-state index in [1.54, 1.807) is 0 Å². The van der Waals surface area contributed by atoms with Crippen LogP contribution in [0.4, 0.5) is 0 Å². The number of imidazole rings is 2. The minimum atomic E-state index is 0. The van der Waals surface area contributed by atoms with Crippen molar-refractivity contribution in [3.05, 3.63) is 37.4 Å². The Balaban J connectivity index is 0. The van der Waals surface area contributed by atoms with E-state index in [1.807, 2.05) is 35.6 Å². The SMILES string of the molecule is CCn1cc[n+](C)c1.CCn1cc[n+](C)c1.[Cl-].[F-]. The van der Waals surface area contributed by atoms with Crippen LogP contribution in [-0.2, 0) is 27.2 Å². The van der Waals surface area contributed by atoms with Crippen molar-refractivity contribution in [1.29, 1.82) is 0 Å². The van der Waals surface area contributed by atoms with Crippen LogP contribution >= 0.6 is 0 Å². The first-order valence-corrected chi connectivity index (χ1v) is 5.67. The van der Waals surface area contributed by atoms with Crippen molar-refractivity contribution in [3.63, 3.8) is 0 Å². The average molecular weight is 277 g/mol. The van der Waals surface area contributed by atoms with Crippen LogP contribution < -0.4 is 26.2 Å². The lowest BCUT2D eigenvalue weighted by Gasteiger charge is -1.81. The highest BCUT2D eigenvalue weighted by molar-refractivity contribution is 4.64. The van der Waals surface area contributed by atoms with Crippen molar-refractivity contribution < 1.29 is 26.2 Å². The Kier molecular flexibility index (Phi) is 10.2. The van der Waals surface area contributed by atoms with Gasteiger partial charge in [0.05, 0.1) is 27.2 Å². The molecule has 0 aromatic carbocycles. The smallest absolute Gasteiger partial charge is 0.243 e. The summed E-state index contributed by atoms with van der Waals surface area (Å²) < 4.78 is 8.31. The topological polar surface area (TPSA) is 17.6 Å². The molecule has 2 heterocycles. The van der Waals surface area contributed by atoms with Gasteiger partial charge < -0.3 is 17.1 Å². The Bertz CT molecular complexity index is 385. The number of aromatic nitrogens is 4. The summed E-state index contributed by atoms with van der Waals surface area (Å²) in [5, 5.41) is 0. The van der Waals surface area contributed by atoms with Gasteiger partial charge in [-0.05, 0) is 13.8 Å². The van der Waals surface area contributed by atoms with Crippen LogP contribution in [0.15, 0.2) is 37.4 Å². The van der Waals surface area contributed by atoms with Crippen molar-refractivity contribution in [2.24, 2.45) is 14.1 Å². The molecule has 0 aliphatic rings. The van der Waals surface area contributed by atoms with E-state index >= 15 is 0 Å². The van der Waals surface area contributed by atoms with Gasteiger partial charge in [-0.3, -0.25) is 0 Å². The molecule has 0 aliphatic heterocycles. The molecular weight excluding hydrogens is 255 g/mol. The summed E-state index contributed by atoms with van der Waals surface area (Å²) in [5.74, 6) is 0. The molecule has 2 aromatic rings. The Morgan fingerprint density at radius 3 is 1.28 bits per heavy atom. The summed E-state index contributed by atoms with van der Waals surface area (Å²) in [6.07, 6.45) is 12.3. The molecule has 0 unspecified atom stereocenters. The molecule has 0 spiro atoms. The highest BCUT2D eigenvalue weighted by Gasteiger charge is 1.92. The van der Waals surface area contributed by atoms with Crippen molar-refractivity contribution in [3.8, 4) is 0 Å². The fourth-order valence-electron chi connectivity index (χ4n) is 1.38. The monoisotopic (exact) mass is 276 g/mol. The number of hydrogen-bond acceptors (Lipinski definition) is 0. The Hall–Kier alpha value is -1.36. The van der Waals surface area contributed by atoms with E-state index in [1.165, 1.54) is 0 Å². The van der Waals surface area contributed by atoms with Gasteiger partial charge in [0.2, 0.25) is 12.7 Å². The van der Waals surface area contributed by atoms with E-state index in [0.717, 1.165) is 13.1 Å². The maximum atomic E-state index is 2.12. The zero-order valence-electron chi connectivity index (χ0n) is 11.4. The van der Waals surface area contributed by atoms with Gasteiger partial charge in [0.25, 0.3) is 0 Å². The summed E-state index contributed by atoms with van der Waals surface area (Å²) in [6, 6.07) is 0. The van der Waals surface area contributed by atoms with Crippen molar-refractivity contribution in [2.75, 3.05) is 0 Å². The molecule has 6 heteroatoms. The van der Waals surface area contributed by atoms with Crippen molar-refractivity contribution in [1.82, 2.24) is 9.13 Å². The van der Waals surface area contributed by atoms with Crippen LogP contribution in [0.1, 0.15) is 13.8 Å². The molecule has 0 atom stereocenters. The molecule has 18 heavy (non-hydrogen) atoms. The number of rotatable bonds is 2. The second kappa shape index (κ2) is 9.65. The summed E-state index contributed by atoms with van der Waals surface area (Å²) in [4.78, 5) is 0. The molecule has 4 nitrogen and oxygen atoms in total. The zero-order chi connectivity index (χ0) is 12.0. The average Bonchev–Trinajstić information content (AvgIpc) is 2.88. The van der Waals surface area contributed by atoms with Crippen LogP contribution in [0.5, 0.6) is 0 Å². The standard InChI is InChI=1S/2C6H11N2.ClH.FH/c2*1-3-8-5-4-7(2)6-8;;/h2*4-6H,3H2,1-2H3;2*1H/q2*+1;;/p-2. The third-order valence-corrected chi connectivity index (χ3v) is 2.38. The van der Waals surface area contributed by atoms with Crippen LogP contribution in [-0.4, -0.2) is 9.13 Å². The van der Waals surface area contributed by atoms with Gasteiger partial charge in [0.15, 0.2) is 0 Å². The predicted molar refractivity (Wildman–Crippen MR) is 62.6 cm³/mol. The van der Waals surface area contributed by atoms with E-state index in [2.05, 4.69) is 48.0 Å². The van der Waals surface area contributed by atoms with Gasteiger partial charge in [-0.15, -0.1) is 0 Å². The Morgan fingerprint density at radius 2 is 1.17 bits per heavy atom. The lowest BCUT2D eigenvalue weighted by atomic mass is 10.7. The lowest BCUT2D eigenvalue weighted by Crippen LogP contribution is -3.00. The molecule has 0 radical (unpaired) electrons. The van der Waals surface area contributed by atoms with E-state index in [0.29, 0.717) is 0 Å². The first-order chi connectivity index (χ1) is 7.65. The predicted octanol–water partition coefficient (Wildman–Crippen LogP) is -5.33. The number of hydrogen-bond donors (Lipinski definition) is 0. The molecule has 0 bridgehead atoms. The molecule has 2 aromatic heterocycles. The van der Waals surface area contributed by atoms with Gasteiger partial charge >= 0.3 is 0 Å². The summed E-state index contributed by atoms with van der Waals surface area (Å²) in [6.45, 7) is 6.36. The summed E-state index contributed by atoms with van der Waals surface area (Å²) in [7, 11) is 4.04. The zero-order valence-corrected chi connectivity index (χ0v) is 12.2. The fourth-order valence-corrected chi connectivity index (χ4v) is 1.38. The molecule has 104 valence electrons. The largest absolute Gasteiger partial charge is 1.00 e. The molecule has 0 N–H and O–H groups in total. The Morgan fingerprint density at radius 1 is 0.833 bits per heavy atom. The first-order valence-electron chi connectivity index (χ1n) is 5.67. The molecule has 0 saturated carbocycles. The number of nitrogens with zero attached hydrogens (tertiary/aromatic N) is 4. The van der Waals surface area contributed by atoms with Crippen LogP contribution in [0.25, 0.3) is 0 Å².